The lowest BCUT2D eigenvalue weighted by atomic mass is 9.81. The molecule has 0 aliphatic heterocycles. The van der Waals surface area contributed by atoms with Crippen molar-refractivity contribution in [2.24, 2.45) is 0 Å². The molecule has 0 atom stereocenters. The minimum Gasteiger partial charge on any atom is -0.380 e. The van der Waals surface area contributed by atoms with E-state index < -0.39 is 36.6 Å². The number of rotatable bonds is 3. The van der Waals surface area contributed by atoms with Crippen LogP contribution in [0.4, 0.5) is 13.2 Å². The molecule has 0 radical (unpaired) electrons. The molecule has 3 aromatic rings. The number of hydrogen-bond donors (Lipinski definition) is 3. The number of H-pyrrole nitrogens is 1. The molecule has 8 nitrogen and oxygen atoms in total. The highest BCUT2D eigenvalue weighted by Crippen LogP contribution is 2.41. The van der Waals surface area contributed by atoms with Crippen molar-refractivity contribution in [2.45, 2.75) is 43.5 Å². The molecule has 3 aromatic heterocycles. The first-order valence-electron chi connectivity index (χ1n) is 8.70. The number of amides is 1. The fourth-order valence-corrected chi connectivity index (χ4v) is 3.37. The zero-order chi connectivity index (χ0) is 19.9. The molecule has 0 unspecified atom stereocenters. The van der Waals surface area contributed by atoms with Crippen molar-refractivity contribution in [2.75, 3.05) is 0 Å². The van der Waals surface area contributed by atoms with E-state index in [0.717, 1.165) is 0 Å². The number of aromatic amines is 1. The van der Waals surface area contributed by atoms with Crippen molar-refractivity contribution in [1.82, 2.24) is 29.8 Å². The smallest absolute Gasteiger partial charge is 0.380 e. The summed E-state index contributed by atoms with van der Waals surface area (Å²) < 4.78 is 40.3. The Labute approximate surface area is 156 Å². The van der Waals surface area contributed by atoms with Crippen molar-refractivity contribution in [1.29, 1.82) is 0 Å². The number of carbonyl (C=O) groups is 1. The Morgan fingerprint density at radius 1 is 1.32 bits per heavy atom. The van der Waals surface area contributed by atoms with Gasteiger partial charge in [0.25, 0.3) is 5.91 Å². The molecule has 28 heavy (non-hydrogen) atoms. The standard InChI is InChI=1S/C17H17F3N6O2/c18-17(19,20)16(28)4-1-10(2-5-16)23-14(27)13-12-11(3-6-22-12)24-15(25-13)26-8-7-21-9-26/h3,6-10,22,28H,1-2,4-5H2,(H,23,27)/t10-,16-. The van der Waals surface area contributed by atoms with Crippen LogP contribution in [0, 0.1) is 0 Å². The summed E-state index contributed by atoms with van der Waals surface area (Å²) in [5.74, 6) is -0.261. The predicted octanol–water partition coefficient (Wildman–Crippen LogP) is 2.11. The highest BCUT2D eigenvalue weighted by molar-refractivity contribution is 6.03. The van der Waals surface area contributed by atoms with Crippen LogP contribution in [0.1, 0.15) is 36.2 Å². The summed E-state index contributed by atoms with van der Waals surface area (Å²) in [7, 11) is 0. The van der Waals surface area contributed by atoms with Gasteiger partial charge in [-0.3, -0.25) is 9.36 Å². The first-order valence-corrected chi connectivity index (χ1v) is 8.70. The third kappa shape index (κ3) is 3.21. The molecule has 0 bridgehead atoms. The van der Waals surface area contributed by atoms with E-state index in [1.54, 1.807) is 29.2 Å². The predicted molar refractivity (Wildman–Crippen MR) is 91.7 cm³/mol. The number of aliphatic hydroxyl groups is 1. The van der Waals surface area contributed by atoms with Gasteiger partial charge in [-0.25, -0.2) is 15.0 Å². The molecule has 3 N–H and O–H groups in total. The molecule has 11 heteroatoms. The first kappa shape index (κ1) is 18.4. The molecule has 0 spiro atoms. The Hall–Kier alpha value is -2.95. The molecule has 1 fully saturated rings. The first-order chi connectivity index (χ1) is 13.3. The van der Waals surface area contributed by atoms with Gasteiger partial charge in [-0.05, 0) is 31.7 Å². The summed E-state index contributed by atoms with van der Waals surface area (Å²) in [6.07, 6.45) is 0.761. The summed E-state index contributed by atoms with van der Waals surface area (Å²) in [6, 6.07) is 1.21. The topological polar surface area (TPSA) is 109 Å². The molecule has 0 saturated heterocycles. The molecule has 3 heterocycles. The number of halogens is 3. The van der Waals surface area contributed by atoms with Crippen LogP contribution in [-0.2, 0) is 0 Å². The Bertz CT molecular complexity index is 990. The number of nitrogens with zero attached hydrogens (tertiary/aromatic N) is 4. The van der Waals surface area contributed by atoms with E-state index in [2.05, 4.69) is 25.3 Å². The van der Waals surface area contributed by atoms with Crippen molar-refractivity contribution in [3.8, 4) is 5.95 Å². The third-order valence-corrected chi connectivity index (χ3v) is 5.02. The normalized spacial score (nSPS) is 23.1. The van der Waals surface area contributed by atoms with Gasteiger partial charge in [0.2, 0.25) is 5.95 Å². The van der Waals surface area contributed by atoms with Gasteiger partial charge in [0.15, 0.2) is 11.3 Å². The summed E-state index contributed by atoms with van der Waals surface area (Å²) >= 11 is 0. The van der Waals surface area contributed by atoms with Crippen LogP contribution in [0.15, 0.2) is 31.0 Å². The van der Waals surface area contributed by atoms with E-state index in [9.17, 15) is 23.1 Å². The van der Waals surface area contributed by atoms with Gasteiger partial charge in [-0.15, -0.1) is 0 Å². The van der Waals surface area contributed by atoms with Gasteiger partial charge in [0, 0.05) is 24.6 Å². The zero-order valence-electron chi connectivity index (χ0n) is 14.6. The summed E-state index contributed by atoms with van der Waals surface area (Å²) in [5.41, 5.74) is -1.64. The van der Waals surface area contributed by atoms with Gasteiger partial charge in [0.05, 0.1) is 11.0 Å². The summed E-state index contributed by atoms with van der Waals surface area (Å²) in [4.78, 5) is 28.3. The maximum atomic E-state index is 12.9. The van der Waals surface area contributed by atoms with Crippen LogP contribution >= 0.6 is 0 Å². The summed E-state index contributed by atoms with van der Waals surface area (Å²) in [6.45, 7) is 0. The Kier molecular flexibility index (Phi) is 4.33. The van der Waals surface area contributed by atoms with Gasteiger partial charge < -0.3 is 15.4 Å². The van der Waals surface area contributed by atoms with Crippen LogP contribution in [0.25, 0.3) is 17.0 Å². The lowest BCUT2D eigenvalue weighted by Gasteiger charge is -2.37. The highest BCUT2D eigenvalue weighted by atomic mass is 19.4. The number of fused-ring (bicyclic) bond motifs is 1. The second-order valence-corrected chi connectivity index (χ2v) is 6.86. The molecule has 4 rings (SSSR count). The minimum absolute atomic E-state index is 0.0229. The Balaban J connectivity index is 1.54. The second-order valence-electron chi connectivity index (χ2n) is 6.86. The lowest BCUT2D eigenvalue weighted by Crippen LogP contribution is -2.51. The molecule has 1 aliphatic carbocycles. The van der Waals surface area contributed by atoms with E-state index >= 15 is 0 Å². The van der Waals surface area contributed by atoms with Gasteiger partial charge in [-0.1, -0.05) is 0 Å². The number of hydrogen-bond acceptors (Lipinski definition) is 5. The van der Waals surface area contributed by atoms with E-state index in [-0.39, 0.29) is 24.5 Å². The number of imidazole rings is 1. The maximum absolute atomic E-state index is 12.9. The quantitative estimate of drug-likeness (QED) is 0.631. The van der Waals surface area contributed by atoms with Crippen molar-refractivity contribution >= 4 is 16.9 Å². The zero-order valence-corrected chi connectivity index (χ0v) is 14.6. The van der Waals surface area contributed by atoms with E-state index in [1.165, 1.54) is 6.33 Å². The second kappa shape index (κ2) is 6.59. The Morgan fingerprint density at radius 3 is 2.71 bits per heavy atom. The Morgan fingerprint density at radius 2 is 2.07 bits per heavy atom. The van der Waals surface area contributed by atoms with Gasteiger partial charge in [0.1, 0.15) is 6.33 Å². The van der Waals surface area contributed by atoms with Crippen molar-refractivity contribution in [3.05, 3.63) is 36.7 Å². The van der Waals surface area contributed by atoms with Gasteiger partial charge >= 0.3 is 6.18 Å². The van der Waals surface area contributed by atoms with Crippen LogP contribution in [0.3, 0.4) is 0 Å². The van der Waals surface area contributed by atoms with Crippen molar-refractivity contribution in [3.63, 3.8) is 0 Å². The van der Waals surface area contributed by atoms with E-state index in [1.807, 2.05) is 0 Å². The molecular weight excluding hydrogens is 377 g/mol. The SMILES string of the molecule is O=C(N[C@H]1CC[C@@](O)(C(F)(F)F)CC1)c1nc(-n2ccnc2)nc2cc[nH]c12. The third-order valence-electron chi connectivity index (χ3n) is 5.02. The highest BCUT2D eigenvalue weighted by Gasteiger charge is 2.54. The maximum Gasteiger partial charge on any atom is 0.417 e. The number of alkyl halides is 3. The molecule has 1 saturated carbocycles. The van der Waals surface area contributed by atoms with Crippen LogP contribution in [0.5, 0.6) is 0 Å². The van der Waals surface area contributed by atoms with E-state index in [0.29, 0.717) is 11.0 Å². The summed E-state index contributed by atoms with van der Waals surface area (Å²) in [5, 5.41) is 12.5. The number of carbonyl (C=O) groups excluding carboxylic acids is 1. The average molecular weight is 394 g/mol. The van der Waals surface area contributed by atoms with Crippen LogP contribution in [-0.4, -0.2) is 53.3 Å². The average Bonchev–Trinajstić information content (AvgIpc) is 3.33. The van der Waals surface area contributed by atoms with Crippen LogP contribution in [0.2, 0.25) is 0 Å². The van der Waals surface area contributed by atoms with Crippen LogP contribution < -0.4 is 5.32 Å². The molecule has 0 aromatic carbocycles. The van der Waals surface area contributed by atoms with Crippen molar-refractivity contribution < 1.29 is 23.1 Å². The fraction of sp³-hybridized carbons (Fsp3) is 0.412. The van der Waals surface area contributed by atoms with Gasteiger partial charge in [-0.2, -0.15) is 13.2 Å². The fourth-order valence-electron chi connectivity index (χ4n) is 3.37. The lowest BCUT2D eigenvalue weighted by molar-refractivity contribution is -0.270. The monoisotopic (exact) mass is 394 g/mol. The van der Waals surface area contributed by atoms with E-state index in [4.69, 9.17) is 0 Å². The number of aromatic nitrogens is 5. The minimum atomic E-state index is -4.68. The largest absolute Gasteiger partial charge is 0.417 e. The number of nitrogens with one attached hydrogen (secondary N) is 2. The molecule has 1 aliphatic rings. The molecular formula is C17H17F3N6O2. The molecule has 1 amide bonds. The molecule has 148 valence electrons.